The Bertz CT molecular complexity index is 888. The first-order chi connectivity index (χ1) is 14.6. The van der Waals surface area contributed by atoms with Crippen LogP contribution in [-0.2, 0) is 16.1 Å². The summed E-state index contributed by atoms with van der Waals surface area (Å²) in [6.07, 6.45) is -1.42. The number of hydrogen-bond acceptors (Lipinski definition) is 4. The number of halogens is 3. The molecular formula is C21H24F3N3O3S. The normalized spacial score (nSPS) is 25.5. The van der Waals surface area contributed by atoms with Crippen LogP contribution >= 0.6 is 11.8 Å². The molecule has 10 heteroatoms. The lowest BCUT2D eigenvalue weighted by molar-refractivity contribution is -0.144. The molecule has 2 unspecified atom stereocenters. The number of rotatable bonds is 6. The van der Waals surface area contributed by atoms with Crippen molar-refractivity contribution in [2.45, 2.75) is 62.3 Å². The zero-order chi connectivity index (χ0) is 22.4. The Kier molecular flexibility index (Phi) is 5.70. The molecule has 2 atom stereocenters. The Morgan fingerprint density at radius 3 is 2.55 bits per heavy atom. The molecular weight excluding hydrogens is 431 g/mol. The van der Waals surface area contributed by atoms with Gasteiger partial charge in [0.1, 0.15) is 12.6 Å². The van der Waals surface area contributed by atoms with E-state index in [4.69, 9.17) is 0 Å². The van der Waals surface area contributed by atoms with Crippen LogP contribution in [-0.4, -0.2) is 62.9 Å². The number of fused-ring (bicyclic) bond motifs is 1. The van der Waals surface area contributed by atoms with E-state index >= 15 is 0 Å². The molecule has 0 radical (unpaired) electrons. The molecule has 168 valence electrons. The second-order valence-corrected chi connectivity index (χ2v) is 9.96. The van der Waals surface area contributed by atoms with E-state index in [2.05, 4.69) is 0 Å². The highest BCUT2D eigenvalue weighted by molar-refractivity contribution is 8.01. The third-order valence-electron chi connectivity index (χ3n) is 6.02. The average molecular weight is 456 g/mol. The molecule has 3 amide bonds. The van der Waals surface area contributed by atoms with Gasteiger partial charge < -0.3 is 15.1 Å². The lowest BCUT2D eigenvalue weighted by Crippen LogP contribution is -2.51. The molecule has 3 aliphatic rings. The molecule has 2 heterocycles. The molecule has 1 saturated carbocycles. The average Bonchev–Trinajstić information content (AvgIpc) is 3.44. The van der Waals surface area contributed by atoms with Gasteiger partial charge in [0.25, 0.3) is 5.91 Å². The van der Waals surface area contributed by atoms with Crippen LogP contribution in [0.5, 0.6) is 0 Å². The van der Waals surface area contributed by atoms with Crippen LogP contribution in [0.25, 0.3) is 0 Å². The van der Waals surface area contributed by atoms with Crippen LogP contribution in [0.3, 0.4) is 0 Å². The van der Waals surface area contributed by atoms with Gasteiger partial charge in [0.05, 0.1) is 4.87 Å². The summed E-state index contributed by atoms with van der Waals surface area (Å²) in [7, 11) is 0. The van der Waals surface area contributed by atoms with E-state index < -0.39 is 24.7 Å². The standard InChI is InChI=1S/C21H24F3N3O3S/c1-20-9-8-17(28)27(20)16(11-31-20)19(30)26(15-6-7-15)10-13-2-4-14(5-3-13)18(29)25-12-21(22,23)24/h2-5,15-16H,6-12H2,1H3,(H,25,29). The minimum Gasteiger partial charge on any atom is -0.343 e. The fraction of sp³-hybridized carbons (Fsp3) is 0.571. The maximum Gasteiger partial charge on any atom is 0.405 e. The summed E-state index contributed by atoms with van der Waals surface area (Å²) in [6.45, 7) is 0.971. The second kappa shape index (κ2) is 8.03. The Hall–Kier alpha value is -2.23. The summed E-state index contributed by atoms with van der Waals surface area (Å²) in [5, 5.41) is 1.84. The van der Waals surface area contributed by atoms with Gasteiger partial charge in [0, 0.05) is 30.3 Å². The minimum atomic E-state index is -4.47. The third kappa shape index (κ3) is 4.68. The van der Waals surface area contributed by atoms with Gasteiger partial charge in [-0.2, -0.15) is 13.2 Å². The topological polar surface area (TPSA) is 69.7 Å². The summed E-state index contributed by atoms with van der Waals surface area (Å²) >= 11 is 1.66. The minimum absolute atomic E-state index is 0.0239. The summed E-state index contributed by atoms with van der Waals surface area (Å²) in [6, 6.07) is 5.90. The molecule has 3 fully saturated rings. The van der Waals surface area contributed by atoms with E-state index in [1.807, 2.05) is 12.2 Å². The van der Waals surface area contributed by atoms with E-state index in [1.54, 1.807) is 33.7 Å². The Morgan fingerprint density at radius 1 is 1.26 bits per heavy atom. The number of nitrogens with zero attached hydrogens (tertiary/aromatic N) is 2. The molecule has 4 rings (SSSR count). The van der Waals surface area contributed by atoms with Gasteiger partial charge >= 0.3 is 6.18 Å². The van der Waals surface area contributed by atoms with Crippen molar-refractivity contribution in [3.8, 4) is 0 Å². The first-order valence-electron chi connectivity index (χ1n) is 10.3. The summed E-state index contributed by atoms with van der Waals surface area (Å²) < 4.78 is 36.8. The van der Waals surface area contributed by atoms with E-state index in [0.29, 0.717) is 18.7 Å². The SMILES string of the molecule is CC12CCC(=O)N1C(C(=O)N(Cc1ccc(C(=O)NCC(F)(F)F)cc1)C1CC1)CS2. The summed E-state index contributed by atoms with van der Waals surface area (Å²) in [4.78, 5) is 40.9. The zero-order valence-corrected chi connectivity index (χ0v) is 17.9. The number of hydrogen-bond donors (Lipinski definition) is 1. The summed E-state index contributed by atoms with van der Waals surface area (Å²) in [5.74, 6) is -0.242. The summed E-state index contributed by atoms with van der Waals surface area (Å²) in [5.41, 5.74) is 0.914. The van der Waals surface area contributed by atoms with Crippen molar-refractivity contribution < 1.29 is 27.6 Å². The number of carbonyl (C=O) groups excluding carboxylic acids is 3. The maximum atomic E-state index is 13.4. The van der Waals surface area contributed by atoms with Crippen LogP contribution in [0.15, 0.2) is 24.3 Å². The predicted octanol–water partition coefficient (Wildman–Crippen LogP) is 2.92. The monoisotopic (exact) mass is 455 g/mol. The lowest BCUT2D eigenvalue weighted by Gasteiger charge is -2.33. The molecule has 0 spiro atoms. The number of nitrogens with one attached hydrogen (secondary N) is 1. The first kappa shape index (κ1) is 22.0. The molecule has 1 aromatic rings. The van der Waals surface area contributed by atoms with Crippen LogP contribution in [0.1, 0.15) is 48.5 Å². The first-order valence-corrected chi connectivity index (χ1v) is 11.3. The highest BCUT2D eigenvalue weighted by Gasteiger charge is 2.54. The van der Waals surface area contributed by atoms with Gasteiger partial charge in [-0.25, -0.2) is 0 Å². The number of carbonyl (C=O) groups is 3. The fourth-order valence-electron chi connectivity index (χ4n) is 4.21. The molecule has 1 aliphatic carbocycles. The molecule has 31 heavy (non-hydrogen) atoms. The molecule has 0 bridgehead atoms. The molecule has 6 nitrogen and oxygen atoms in total. The van der Waals surface area contributed by atoms with E-state index in [-0.39, 0.29) is 28.3 Å². The van der Waals surface area contributed by atoms with Crippen LogP contribution < -0.4 is 5.32 Å². The number of thioether (sulfide) groups is 1. The predicted molar refractivity (Wildman–Crippen MR) is 109 cm³/mol. The maximum absolute atomic E-state index is 13.4. The van der Waals surface area contributed by atoms with Crippen molar-refractivity contribution in [2.75, 3.05) is 12.3 Å². The number of benzene rings is 1. The van der Waals surface area contributed by atoms with Crippen LogP contribution in [0, 0.1) is 0 Å². The second-order valence-electron chi connectivity index (χ2n) is 8.46. The van der Waals surface area contributed by atoms with E-state index in [1.165, 1.54) is 12.1 Å². The Balaban J connectivity index is 1.43. The van der Waals surface area contributed by atoms with Gasteiger partial charge in [-0.1, -0.05) is 12.1 Å². The van der Waals surface area contributed by atoms with Gasteiger partial charge in [-0.15, -0.1) is 11.8 Å². The van der Waals surface area contributed by atoms with Gasteiger partial charge in [0.2, 0.25) is 11.8 Å². The Labute approximate surface area is 182 Å². The van der Waals surface area contributed by atoms with Crippen molar-refractivity contribution in [3.63, 3.8) is 0 Å². The Morgan fingerprint density at radius 2 is 1.94 bits per heavy atom. The zero-order valence-electron chi connectivity index (χ0n) is 17.1. The highest BCUT2D eigenvalue weighted by atomic mass is 32.2. The number of alkyl halides is 3. The van der Waals surface area contributed by atoms with Crippen molar-refractivity contribution in [1.29, 1.82) is 0 Å². The van der Waals surface area contributed by atoms with Gasteiger partial charge in [0.15, 0.2) is 0 Å². The van der Waals surface area contributed by atoms with Crippen LogP contribution in [0.4, 0.5) is 13.2 Å². The largest absolute Gasteiger partial charge is 0.405 e. The van der Waals surface area contributed by atoms with Crippen LogP contribution in [0.2, 0.25) is 0 Å². The molecule has 2 aliphatic heterocycles. The number of amides is 3. The quantitative estimate of drug-likeness (QED) is 0.716. The smallest absolute Gasteiger partial charge is 0.343 e. The molecule has 0 aromatic heterocycles. The lowest BCUT2D eigenvalue weighted by atomic mass is 10.1. The molecule has 1 N–H and O–H groups in total. The van der Waals surface area contributed by atoms with Crippen molar-refractivity contribution in [1.82, 2.24) is 15.1 Å². The van der Waals surface area contributed by atoms with Gasteiger partial charge in [-0.3, -0.25) is 14.4 Å². The molecule has 1 aromatic carbocycles. The van der Waals surface area contributed by atoms with E-state index in [9.17, 15) is 27.6 Å². The van der Waals surface area contributed by atoms with Crippen molar-refractivity contribution >= 4 is 29.5 Å². The van der Waals surface area contributed by atoms with Crippen molar-refractivity contribution in [2.24, 2.45) is 0 Å². The van der Waals surface area contributed by atoms with Gasteiger partial charge in [-0.05, 0) is 43.9 Å². The molecule has 2 saturated heterocycles. The third-order valence-corrected chi connectivity index (χ3v) is 7.52. The van der Waals surface area contributed by atoms with Crippen molar-refractivity contribution in [3.05, 3.63) is 35.4 Å². The fourth-order valence-corrected chi connectivity index (χ4v) is 5.63. The highest BCUT2D eigenvalue weighted by Crippen LogP contribution is 2.48. The van der Waals surface area contributed by atoms with E-state index in [0.717, 1.165) is 24.8 Å².